The third-order valence-corrected chi connectivity index (χ3v) is 2.19. The van der Waals surface area contributed by atoms with Crippen LogP contribution in [0.3, 0.4) is 0 Å². The van der Waals surface area contributed by atoms with E-state index in [1.54, 1.807) is 6.07 Å². The highest BCUT2D eigenvalue weighted by molar-refractivity contribution is 5.57. The van der Waals surface area contributed by atoms with E-state index >= 15 is 0 Å². The number of phenols is 1. The van der Waals surface area contributed by atoms with E-state index in [9.17, 15) is 5.11 Å². The molecule has 1 N–H and O–H groups in total. The van der Waals surface area contributed by atoms with Crippen LogP contribution >= 0.6 is 0 Å². The molecule has 0 fully saturated rings. The molecule has 64 valence electrons. The lowest BCUT2D eigenvalue weighted by Gasteiger charge is -2.08. The van der Waals surface area contributed by atoms with E-state index in [0.717, 1.165) is 23.1 Å². The van der Waals surface area contributed by atoms with Crippen LogP contribution < -0.4 is 0 Å². The summed E-state index contributed by atoms with van der Waals surface area (Å²) in [5.41, 5.74) is 3.25. The Hall–Kier alpha value is -1.24. The molecular weight excluding hydrogens is 148 g/mol. The number of aromatic hydroxyl groups is 1. The Kier molecular flexibility index (Phi) is 2.54. The molecule has 0 bridgehead atoms. The highest BCUT2D eigenvalue weighted by atomic mass is 16.3. The van der Waals surface area contributed by atoms with Crippen LogP contribution in [0.1, 0.15) is 23.6 Å². The SMILES string of the molecule is C=Cc1ccc(O)c(CC)c1C. The number of rotatable bonds is 2. The molecule has 1 heteroatoms. The van der Waals surface area contributed by atoms with Crippen molar-refractivity contribution >= 4 is 6.08 Å². The topological polar surface area (TPSA) is 20.2 Å². The van der Waals surface area contributed by atoms with Gasteiger partial charge in [0.25, 0.3) is 0 Å². The first-order chi connectivity index (χ1) is 5.70. The van der Waals surface area contributed by atoms with Gasteiger partial charge in [-0.3, -0.25) is 0 Å². The predicted octanol–water partition coefficient (Wildman–Crippen LogP) is 2.91. The minimum atomic E-state index is 0.389. The largest absolute Gasteiger partial charge is 0.508 e. The summed E-state index contributed by atoms with van der Waals surface area (Å²) in [6.45, 7) is 7.76. The molecule has 0 aromatic heterocycles. The monoisotopic (exact) mass is 162 g/mol. The van der Waals surface area contributed by atoms with E-state index in [4.69, 9.17) is 0 Å². The van der Waals surface area contributed by atoms with Gasteiger partial charge in [-0.15, -0.1) is 0 Å². The molecule has 0 saturated carbocycles. The highest BCUT2D eigenvalue weighted by Crippen LogP contribution is 2.24. The molecule has 0 atom stereocenters. The van der Waals surface area contributed by atoms with Crippen LogP contribution in [-0.2, 0) is 6.42 Å². The van der Waals surface area contributed by atoms with Crippen LogP contribution in [0.25, 0.3) is 6.08 Å². The van der Waals surface area contributed by atoms with Crippen LogP contribution in [0.15, 0.2) is 18.7 Å². The van der Waals surface area contributed by atoms with Crippen LogP contribution in [0.2, 0.25) is 0 Å². The lowest BCUT2D eigenvalue weighted by molar-refractivity contribution is 0.468. The van der Waals surface area contributed by atoms with Crippen molar-refractivity contribution in [1.29, 1.82) is 0 Å². The van der Waals surface area contributed by atoms with Gasteiger partial charge in [0.05, 0.1) is 0 Å². The lowest BCUT2D eigenvalue weighted by atomic mass is 10.00. The minimum absolute atomic E-state index is 0.389. The van der Waals surface area contributed by atoms with Crippen molar-refractivity contribution in [3.63, 3.8) is 0 Å². The Bertz CT molecular complexity index is 300. The maximum absolute atomic E-state index is 9.48. The van der Waals surface area contributed by atoms with Crippen molar-refractivity contribution in [1.82, 2.24) is 0 Å². The number of benzene rings is 1. The summed E-state index contributed by atoms with van der Waals surface area (Å²) < 4.78 is 0. The molecule has 0 unspecified atom stereocenters. The molecule has 1 aromatic carbocycles. The first-order valence-electron chi connectivity index (χ1n) is 4.14. The van der Waals surface area contributed by atoms with Gasteiger partial charge in [0.15, 0.2) is 0 Å². The summed E-state index contributed by atoms with van der Waals surface area (Å²) in [6.07, 6.45) is 2.67. The predicted molar refractivity (Wildman–Crippen MR) is 52.3 cm³/mol. The van der Waals surface area contributed by atoms with Crippen LogP contribution in [0, 0.1) is 6.92 Å². The highest BCUT2D eigenvalue weighted by Gasteiger charge is 2.04. The first kappa shape index (κ1) is 8.85. The van der Waals surface area contributed by atoms with E-state index in [2.05, 4.69) is 6.58 Å². The molecule has 1 nitrogen and oxygen atoms in total. The Labute approximate surface area is 73.4 Å². The van der Waals surface area contributed by atoms with Gasteiger partial charge in [-0.1, -0.05) is 25.6 Å². The fourth-order valence-electron chi connectivity index (χ4n) is 1.43. The first-order valence-corrected chi connectivity index (χ1v) is 4.14. The van der Waals surface area contributed by atoms with E-state index in [1.807, 2.05) is 26.0 Å². The summed E-state index contributed by atoms with van der Waals surface area (Å²) >= 11 is 0. The van der Waals surface area contributed by atoms with Crippen molar-refractivity contribution in [2.75, 3.05) is 0 Å². The van der Waals surface area contributed by atoms with Crippen molar-refractivity contribution in [2.45, 2.75) is 20.3 Å². The van der Waals surface area contributed by atoms with Crippen molar-refractivity contribution in [3.8, 4) is 5.75 Å². The Morgan fingerprint density at radius 2 is 2.17 bits per heavy atom. The summed E-state index contributed by atoms with van der Waals surface area (Å²) in [5, 5.41) is 9.48. The fourth-order valence-corrected chi connectivity index (χ4v) is 1.43. The van der Waals surface area contributed by atoms with Gasteiger partial charge in [-0.2, -0.15) is 0 Å². The Morgan fingerprint density at radius 3 is 2.67 bits per heavy atom. The molecule has 0 heterocycles. The van der Waals surface area contributed by atoms with Crippen LogP contribution in [0.4, 0.5) is 0 Å². The van der Waals surface area contributed by atoms with Gasteiger partial charge in [0.1, 0.15) is 5.75 Å². The molecular formula is C11H14O. The number of hydrogen-bond acceptors (Lipinski definition) is 1. The second kappa shape index (κ2) is 3.44. The third-order valence-electron chi connectivity index (χ3n) is 2.19. The smallest absolute Gasteiger partial charge is 0.119 e. The standard InChI is InChI=1S/C11H14O/c1-4-9-6-7-11(12)10(5-2)8(9)3/h4,6-7,12H,1,5H2,2-3H3. The van der Waals surface area contributed by atoms with Crippen LogP contribution in [-0.4, -0.2) is 5.11 Å². The zero-order valence-electron chi connectivity index (χ0n) is 7.59. The molecule has 0 aliphatic heterocycles. The molecule has 0 amide bonds. The molecule has 0 spiro atoms. The zero-order valence-corrected chi connectivity index (χ0v) is 7.59. The van der Waals surface area contributed by atoms with Gasteiger partial charge < -0.3 is 5.11 Å². The van der Waals surface area contributed by atoms with Gasteiger partial charge in [0.2, 0.25) is 0 Å². The fraction of sp³-hybridized carbons (Fsp3) is 0.273. The van der Waals surface area contributed by atoms with Gasteiger partial charge >= 0.3 is 0 Å². The van der Waals surface area contributed by atoms with Crippen molar-refractivity contribution in [3.05, 3.63) is 35.4 Å². The molecule has 0 aliphatic carbocycles. The second-order valence-electron chi connectivity index (χ2n) is 2.84. The molecule has 0 radical (unpaired) electrons. The van der Waals surface area contributed by atoms with Gasteiger partial charge in [0, 0.05) is 0 Å². The maximum Gasteiger partial charge on any atom is 0.119 e. The third kappa shape index (κ3) is 1.35. The quantitative estimate of drug-likeness (QED) is 0.709. The van der Waals surface area contributed by atoms with E-state index < -0.39 is 0 Å². The average molecular weight is 162 g/mol. The molecule has 0 aliphatic rings. The summed E-state index contributed by atoms with van der Waals surface area (Å²) in [7, 11) is 0. The molecule has 12 heavy (non-hydrogen) atoms. The summed E-state index contributed by atoms with van der Waals surface area (Å²) in [6, 6.07) is 3.61. The van der Waals surface area contributed by atoms with Crippen molar-refractivity contribution < 1.29 is 5.11 Å². The minimum Gasteiger partial charge on any atom is -0.508 e. The van der Waals surface area contributed by atoms with Gasteiger partial charge in [-0.25, -0.2) is 0 Å². The Balaban J connectivity index is 3.33. The molecule has 1 rings (SSSR count). The molecule has 1 aromatic rings. The number of phenolic OH excluding ortho intramolecular Hbond substituents is 1. The van der Waals surface area contributed by atoms with Crippen molar-refractivity contribution in [2.24, 2.45) is 0 Å². The molecule has 0 saturated heterocycles. The average Bonchev–Trinajstić information content (AvgIpc) is 2.06. The van der Waals surface area contributed by atoms with Gasteiger partial charge in [-0.05, 0) is 36.1 Å². The lowest BCUT2D eigenvalue weighted by Crippen LogP contribution is -1.90. The Morgan fingerprint density at radius 1 is 1.50 bits per heavy atom. The van der Waals surface area contributed by atoms with E-state index in [0.29, 0.717) is 5.75 Å². The zero-order chi connectivity index (χ0) is 9.14. The number of hydrogen-bond donors (Lipinski definition) is 1. The van der Waals surface area contributed by atoms with Crippen LogP contribution in [0.5, 0.6) is 5.75 Å². The summed E-state index contributed by atoms with van der Waals surface area (Å²) in [5.74, 6) is 0.389. The van der Waals surface area contributed by atoms with E-state index in [-0.39, 0.29) is 0 Å². The summed E-state index contributed by atoms with van der Waals surface area (Å²) in [4.78, 5) is 0. The normalized spacial score (nSPS) is 9.83. The van der Waals surface area contributed by atoms with E-state index in [1.165, 1.54) is 0 Å². The maximum atomic E-state index is 9.48. The second-order valence-corrected chi connectivity index (χ2v) is 2.84.